The smallest absolute Gasteiger partial charge is 0.286 e. The number of amides is 2. The van der Waals surface area contributed by atoms with E-state index in [0.29, 0.717) is 17.2 Å². The summed E-state index contributed by atoms with van der Waals surface area (Å²) in [4.78, 5) is 37.6. The maximum absolute atomic E-state index is 13.2. The van der Waals surface area contributed by atoms with Crippen molar-refractivity contribution in [2.24, 2.45) is 0 Å². The van der Waals surface area contributed by atoms with Gasteiger partial charge in [-0.25, -0.2) is 4.39 Å². The Labute approximate surface area is 196 Å². The predicted molar refractivity (Wildman–Crippen MR) is 120 cm³/mol. The predicted octanol–water partition coefficient (Wildman–Crippen LogP) is 3.38. The number of nitrogens with zero attached hydrogens (tertiary/aromatic N) is 4. The molecule has 0 bridgehead atoms. The van der Waals surface area contributed by atoms with E-state index in [1.165, 1.54) is 49.5 Å². The number of hydrogen-bond donors (Lipinski definition) is 1. The van der Waals surface area contributed by atoms with E-state index >= 15 is 0 Å². The number of ether oxygens (including phenoxy) is 2. The van der Waals surface area contributed by atoms with Crippen LogP contribution >= 0.6 is 11.3 Å². The summed E-state index contributed by atoms with van der Waals surface area (Å²) >= 11 is 1.07. The Kier molecular flexibility index (Phi) is 6.36. The van der Waals surface area contributed by atoms with E-state index < -0.39 is 22.3 Å². The van der Waals surface area contributed by atoms with Crippen molar-refractivity contribution in [2.45, 2.75) is 12.3 Å². The Bertz CT molecular complexity index is 1270. The number of carbonyl (C=O) groups is 2. The standard InChI is InChI=1S/C21H18FN5O6S/c1-32-16-8-14(15(27(30)31)9-17(16)33-2)19(29)23-21-25-24-20(34-21)11-7-18(28)26(10-11)13-5-3-12(22)4-6-13/h3-6,8-9,11H,7,10H2,1-2H3,(H,23,25,29). The number of nitrogens with one attached hydrogen (secondary N) is 1. The molecular formula is C21H18FN5O6S. The average Bonchev–Trinajstić information content (AvgIpc) is 3.45. The molecule has 1 aromatic heterocycles. The zero-order valence-corrected chi connectivity index (χ0v) is 18.8. The summed E-state index contributed by atoms with van der Waals surface area (Å²) in [5, 5.41) is 22.6. The van der Waals surface area contributed by atoms with Gasteiger partial charge < -0.3 is 14.4 Å². The lowest BCUT2D eigenvalue weighted by atomic mass is 10.1. The first-order valence-electron chi connectivity index (χ1n) is 9.91. The van der Waals surface area contributed by atoms with Crippen molar-refractivity contribution in [3.8, 4) is 11.5 Å². The number of aromatic nitrogens is 2. The molecule has 3 aromatic rings. The van der Waals surface area contributed by atoms with Crippen molar-refractivity contribution in [2.75, 3.05) is 31.0 Å². The summed E-state index contributed by atoms with van der Waals surface area (Å²) in [5.41, 5.74) is -0.123. The molecule has 1 saturated heterocycles. The Morgan fingerprint density at radius 3 is 2.53 bits per heavy atom. The summed E-state index contributed by atoms with van der Waals surface area (Å²) in [5.74, 6) is -1.31. The van der Waals surface area contributed by atoms with Gasteiger partial charge in [-0.3, -0.25) is 25.0 Å². The van der Waals surface area contributed by atoms with Crippen LogP contribution in [0.3, 0.4) is 0 Å². The zero-order valence-electron chi connectivity index (χ0n) is 18.0. The molecule has 1 aliphatic heterocycles. The number of carbonyl (C=O) groups excluding carboxylic acids is 2. The van der Waals surface area contributed by atoms with Crippen molar-refractivity contribution >= 4 is 39.7 Å². The monoisotopic (exact) mass is 487 g/mol. The molecule has 1 unspecified atom stereocenters. The number of anilines is 2. The molecule has 0 saturated carbocycles. The maximum atomic E-state index is 13.2. The van der Waals surface area contributed by atoms with Gasteiger partial charge in [0.2, 0.25) is 11.0 Å². The third kappa shape index (κ3) is 4.50. The number of halogens is 1. The van der Waals surface area contributed by atoms with E-state index in [4.69, 9.17) is 9.47 Å². The van der Waals surface area contributed by atoms with Crippen LogP contribution in [0.2, 0.25) is 0 Å². The molecule has 4 rings (SSSR count). The van der Waals surface area contributed by atoms with E-state index in [0.717, 1.165) is 17.4 Å². The fraction of sp³-hybridized carbons (Fsp3) is 0.238. The second kappa shape index (κ2) is 9.39. The van der Waals surface area contributed by atoms with E-state index in [1.54, 1.807) is 0 Å². The van der Waals surface area contributed by atoms with Gasteiger partial charge in [0, 0.05) is 30.6 Å². The number of methoxy groups -OCH3 is 2. The Morgan fingerprint density at radius 1 is 1.21 bits per heavy atom. The van der Waals surface area contributed by atoms with Crippen LogP contribution in [-0.2, 0) is 4.79 Å². The number of rotatable bonds is 7. The molecule has 0 radical (unpaired) electrons. The van der Waals surface area contributed by atoms with Gasteiger partial charge in [-0.2, -0.15) is 0 Å². The van der Waals surface area contributed by atoms with Gasteiger partial charge in [-0.05, 0) is 24.3 Å². The first-order chi connectivity index (χ1) is 16.3. The number of benzene rings is 2. The Hall–Kier alpha value is -4.13. The summed E-state index contributed by atoms with van der Waals surface area (Å²) in [6.45, 7) is 0.328. The van der Waals surface area contributed by atoms with E-state index in [2.05, 4.69) is 15.5 Å². The topological polar surface area (TPSA) is 137 Å². The van der Waals surface area contributed by atoms with Crippen molar-refractivity contribution in [1.29, 1.82) is 0 Å². The first kappa shape index (κ1) is 23.0. The zero-order chi connectivity index (χ0) is 24.4. The minimum Gasteiger partial charge on any atom is -0.493 e. The SMILES string of the molecule is COc1cc(C(=O)Nc2nnc(C3CC(=O)N(c4ccc(F)cc4)C3)s2)c([N+](=O)[O-])cc1OC. The first-order valence-corrected chi connectivity index (χ1v) is 10.7. The minimum absolute atomic E-state index is 0.112. The lowest BCUT2D eigenvalue weighted by Crippen LogP contribution is -2.24. The molecule has 0 spiro atoms. The molecule has 13 heteroatoms. The molecule has 1 aliphatic rings. The van der Waals surface area contributed by atoms with Gasteiger partial charge in [0.05, 0.1) is 25.2 Å². The van der Waals surface area contributed by atoms with Crippen molar-refractivity contribution in [3.63, 3.8) is 0 Å². The minimum atomic E-state index is -0.772. The van der Waals surface area contributed by atoms with Gasteiger partial charge in [-0.15, -0.1) is 10.2 Å². The Balaban J connectivity index is 1.51. The highest BCUT2D eigenvalue weighted by Gasteiger charge is 2.34. The van der Waals surface area contributed by atoms with E-state index in [-0.39, 0.29) is 40.4 Å². The van der Waals surface area contributed by atoms with E-state index in [1.807, 2.05) is 0 Å². The van der Waals surface area contributed by atoms with Gasteiger partial charge >= 0.3 is 0 Å². The molecule has 2 heterocycles. The van der Waals surface area contributed by atoms with Crippen LogP contribution in [0.5, 0.6) is 11.5 Å². The molecule has 2 amide bonds. The molecule has 11 nitrogen and oxygen atoms in total. The molecule has 1 atom stereocenters. The molecular weight excluding hydrogens is 469 g/mol. The molecule has 176 valence electrons. The van der Waals surface area contributed by atoms with Crippen molar-refractivity contribution in [3.05, 3.63) is 62.9 Å². The van der Waals surface area contributed by atoms with Crippen molar-refractivity contribution in [1.82, 2.24) is 10.2 Å². The lowest BCUT2D eigenvalue weighted by Gasteiger charge is -2.16. The number of nitro benzene ring substituents is 1. The van der Waals surface area contributed by atoms with E-state index in [9.17, 15) is 24.1 Å². The van der Waals surface area contributed by atoms with Gasteiger partial charge in [0.1, 0.15) is 16.4 Å². The van der Waals surface area contributed by atoms with Crippen LogP contribution in [0, 0.1) is 15.9 Å². The van der Waals surface area contributed by atoms with Crippen LogP contribution in [-0.4, -0.2) is 47.7 Å². The maximum Gasteiger partial charge on any atom is 0.286 e. The van der Waals surface area contributed by atoms with Crippen LogP contribution in [0.1, 0.15) is 27.7 Å². The largest absolute Gasteiger partial charge is 0.493 e. The normalized spacial score (nSPS) is 15.3. The van der Waals surface area contributed by atoms with Crippen molar-refractivity contribution < 1.29 is 28.4 Å². The highest BCUT2D eigenvalue weighted by atomic mass is 32.1. The highest BCUT2D eigenvalue weighted by molar-refractivity contribution is 7.15. The summed E-state index contributed by atoms with van der Waals surface area (Å²) in [7, 11) is 2.68. The van der Waals surface area contributed by atoms with Crippen LogP contribution in [0.15, 0.2) is 36.4 Å². The Morgan fingerprint density at radius 2 is 1.88 bits per heavy atom. The quantitative estimate of drug-likeness (QED) is 0.396. The lowest BCUT2D eigenvalue weighted by molar-refractivity contribution is -0.385. The summed E-state index contributed by atoms with van der Waals surface area (Å²) in [6.07, 6.45) is 0.182. The average molecular weight is 487 g/mol. The fourth-order valence-electron chi connectivity index (χ4n) is 3.56. The fourth-order valence-corrected chi connectivity index (χ4v) is 4.39. The highest BCUT2D eigenvalue weighted by Crippen LogP contribution is 2.36. The second-order valence-electron chi connectivity index (χ2n) is 7.26. The molecule has 1 fully saturated rings. The summed E-state index contributed by atoms with van der Waals surface area (Å²) in [6, 6.07) is 7.93. The van der Waals surface area contributed by atoms with Gasteiger partial charge in [0.15, 0.2) is 11.5 Å². The number of hydrogen-bond acceptors (Lipinski definition) is 9. The third-order valence-electron chi connectivity index (χ3n) is 5.22. The van der Waals surface area contributed by atoms with Gasteiger partial charge in [-0.1, -0.05) is 11.3 Å². The van der Waals surface area contributed by atoms with Gasteiger partial charge in [0.25, 0.3) is 11.6 Å². The molecule has 34 heavy (non-hydrogen) atoms. The van der Waals surface area contributed by atoms with Crippen LogP contribution < -0.4 is 19.7 Å². The third-order valence-corrected chi connectivity index (χ3v) is 6.22. The molecule has 2 aromatic carbocycles. The number of nitro groups is 1. The summed E-state index contributed by atoms with van der Waals surface area (Å²) < 4.78 is 23.4. The second-order valence-corrected chi connectivity index (χ2v) is 8.27. The molecule has 1 N–H and O–H groups in total. The molecule has 0 aliphatic carbocycles. The van der Waals surface area contributed by atoms with Crippen LogP contribution in [0.4, 0.5) is 20.9 Å². The van der Waals surface area contributed by atoms with Crippen LogP contribution in [0.25, 0.3) is 0 Å².